The highest BCUT2D eigenvalue weighted by Crippen LogP contribution is 2.28. The van der Waals surface area contributed by atoms with E-state index in [2.05, 4.69) is 5.32 Å². The second-order valence-corrected chi connectivity index (χ2v) is 4.99. The lowest BCUT2D eigenvalue weighted by Gasteiger charge is -2.27. The molecule has 1 atom stereocenters. The van der Waals surface area contributed by atoms with Crippen molar-refractivity contribution in [2.24, 2.45) is 5.92 Å². The van der Waals surface area contributed by atoms with E-state index in [4.69, 9.17) is 5.11 Å². The lowest BCUT2D eigenvalue weighted by molar-refractivity contribution is 0.156. The van der Waals surface area contributed by atoms with E-state index in [1.165, 1.54) is 19.3 Å². The quantitative estimate of drug-likeness (QED) is 0.760. The van der Waals surface area contributed by atoms with E-state index in [1.54, 1.807) is 4.90 Å². The number of aliphatic hydroxyl groups is 1. The summed E-state index contributed by atoms with van der Waals surface area (Å²) in [4.78, 5) is 13.6. The monoisotopic (exact) mass is 226 g/mol. The zero-order valence-electron chi connectivity index (χ0n) is 9.82. The van der Waals surface area contributed by atoms with Crippen molar-refractivity contribution in [2.45, 2.75) is 44.6 Å². The van der Waals surface area contributed by atoms with E-state index in [-0.39, 0.29) is 18.7 Å². The Labute approximate surface area is 97.0 Å². The highest BCUT2D eigenvalue weighted by molar-refractivity contribution is 5.74. The fourth-order valence-corrected chi connectivity index (χ4v) is 2.56. The molecule has 16 heavy (non-hydrogen) atoms. The predicted octanol–water partition coefficient (Wildman–Crippen LogP) is 1.34. The normalized spacial score (nSPS) is 25.6. The van der Waals surface area contributed by atoms with E-state index < -0.39 is 0 Å². The van der Waals surface area contributed by atoms with Gasteiger partial charge >= 0.3 is 6.03 Å². The van der Waals surface area contributed by atoms with Crippen molar-refractivity contribution in [1.29, 1.82) is 0 Å². The average Bonchev–Trinajstić information content (AvgIpc) is 2.69. The Morgan fingerprint density at radius 3 is 2.75 bits per heavy atom. The number of carbonyl (C=O) groups excluding carboxylic acids is 1. The maximum Gasteiger partial charge on any atom is 0.317 e. The molecule has 1 unspecified atom stereocenters. The number of likely N-dealkylation sites (tertiary alicyclic amines) is 1. The Kier molecular flexibility index (Phi) is 4.04. The van der Waals surface area contributed by atoms with Crippen LogP contribution in [0.1, 0.15) is 38.5 Å². The average molecular weight is 226 g/mol. The molecule has 0 radical (unpaired) electrons. The first-order valence-electron chi connectivity index (χ1n) is 6.46. The highest BCUT2D eigenvalue weighted by atomic mass is 16.3. The van der Waals surface area contributed by atoms with Crippen LogP contribution in [0, 0.1) is 5.92 Å². The van der Waals surface area contributed by atoms with E-state index in [0.29, 0.717) is 0 Å². The van der Waals surface area contributed by atoms with E-state index in [0.717, 1.165) is 38.3 Å². The van der Waals surface area contributed by atoms with Crippen molar-refractivity contribution < 1.29 is 9.90 Å². The van der Waals surface area contributed by atoms with Gasteiger partial charge in [0.05, 0.1) is 12.6 Å². The molecular weight excluding hydrogens is 204 g/mol. The van der Waals surface area contributed by atoms with Crippen LogP contribution in [-0.2, 0) is 0 Å². The standard InChI is InChI=1S/C12H22N2O2/c15-9-11-5-2-8-14(11)12(16)13-7-6-10-3-1-4-10/h10-11,15H,1-9H2,(H,13,16). The second-order valence-electron chi connectivity index (χ2n) is 4.99. The third-order valence-corrected chi connectivity index (χ3v) is 3.90. The lowest BCUT2D eigenvalue weighted by atomic mass is 9.83. The lowest BCUT2D eigenvalue weighted by Crippen LogP contribution is -2.44. The van der Waals surface area contributed by atoms with Crippen molar-refractivity contribution in [2.75, 3.05) is 19.7 Å². The molecule has 2 amide bonds. The molecule has 0 spiro atoms. The van der Waals surface area contributed by atoms with Crippen molar-refractivity contribution in [3.63, 3.8) is 0 Å². The van der Waals surface area contributed by atoms with Gasteiger partial charge in [-0.05, 0) is 25.2 Å². The minimum atomic E-state index is 0.0101. The minimum absolute atomic E-state index is 0.0101. The van der Waals surface area contributed by atoms with Crippen LogP contribution in [0.5, 0.6) is 0 Å². The molecule has 1 aliphatic carbocycles. The summed E-state index contributed by atoms with van der Waals surface area (Å²) in [5, 5.41) is 12.1. The largest absolute Gasteiger partial charge is 0.394 e. The van der Waals surface area contributed by atoms with Gasteiger partial charge in [0.2, 0.25) is 0 Å². The summed E-state index contributed by atoms with van der Waals surface area (Å²) in [5.74, 6) is 0.840. The molecule has 1 heterocycles. The molecule has 2 aliphatic rings. The van der Waals surface area contributed by atoms with Crippen molar-refractivity contribution >= 4 is 6.03 Å². The molecule has 1 saturated carbocycles. The summed E-state index contributed by atoms with van der Waals surface area (Å²) in [6.45, 7) is 1.68. The van der Waals surface area contributed by atoms with Gasteiger partial charge in [0.1, 0.15) is 0 Å². The summed E-state index contributed by atoms with van der Waals surface area (Å²) in [6, 6.07) is 0.0552. The highest BCUT2D eigenvalue weighted by Gasteiger charge is 2.27. The van der Waals surface area contributed by atoms with Crippen LogP contribution in [0.25, 0.3) is 0 Å². The molecule has 0 aromatic carbocycles. The summed E-state index contributed by atoms with van der Waals surface area (Å²) < 4.78 is 0. The second kappa shape index (κ2) is 5.53. The first-order chi connectivity index (χ1) is 7.81. The van der Waals surface area contributed by atoms with Crippen molar-refractivity contribution in [3.05, 3.63) is 0 Å². The molecule has 0 bridgehead atoms. The smallest absolute Gasteiger partial charge is 0.317 e. The molecule has 1 aliphatic heterocycles. The van der Waals surface area contributed by atoms with Gasteiger partial charge in [-0.2, -0.15) is 0 Å². The summed E-state index contributed by atoms with van der Waals surface area (Å²) in [7, 11) is 0. The van der Waals surface area contributed by atoms with Gasteiger partial charge < -0.3 is 15.3 Å². The zero-order chi connectivity index (χ0) is 11.4. The molecule has 2 N–H and O–H groups in total. The Bertz CT molecular complexity index is 241. The zero-order valence-corrected chi connectivity index (χ0v) is 9.82. The number of rotatable bonds is 4. The molecule has 4 nitrogen and oxygen atoms in total. The number of hydrogen-bond donors (Lipinski definition) is 2. The van der Waals surface area contributed by atoms with Crippen LogP contribution >= 0.6 is 0 Å². The maximum absolute atomic E-state index is 11.8. The minimum Gasteiger partial charge on any atom is -0.394 e. The van der Waals surface area contributed by atoms with E-state index in [1.807, 2.05) is 0 Å². The van der Waals surface area contributed by atoms with Crippen molar-refractivity contribution in [1.82, 2.24) is 10.2 Å². The molecule has 0 aromatic rings. The molecule has 92 valence electrons. The topological polar surface area (TPSA) is 52.6 Å². The SMILES string of the molecule is O=C(NCCC1CCC1)N1CCCC1CO. The Hall–Kier alpha value is -0.770. The van der Waals surface area contributed by atoms with Gasteiger partial charge in [-0.25, -0.2) is 4.79 Å². The van der Waals surface area contributed by atoms with Gasteiger partial charge in [-0.3, -0.25) is 0 Å². The van der Waals surface area contributed by atoms with E-state index >= 15 is 0 Å². The third-order valence-electron chi connectivity index (χ3n) is 3.90. The fourth-order valence-electron chi connectivity index (χ4n) is 2.56. The van der Waals surface area contributed by atoms with Gasteiger partial charge in [0, 0.05) is 13.1 Å². The number of aliphatic hydroxyl groups excluding tert-OH is 1. The fraction of sp³-hybridized carbons (Fsp3) is 0.917. The molecule has 2 fully saturated rings. The molecule has 1 saturated heterocycles. The number of nitrogens with zero attached hydrogens (tertiary/aromatic N) is 1. The Morgan fingerprint density at radius 2 is 2.12 bits per heavy atom. The number of amides is 2. The number of carbonyl (C=O) groups is 1. The van der Waals surface area contributed by atoms with Gasteiger partial charge in [0.25, 0.3) is 0 Å². The van der Waals surface area contributed by atoms with Gasteiger partial charge in [-0.1, -0.05) is 19.3 Å². The molecule has 2 rings (SSSR count). The van der Waals surface area contributed by atoms with Gasteiger partial charge in [-0.15, -0.1) is 0 Å². The van der Waals surface area contributed by atoms with E-state index in [9.17, 15) is 4.79 Å². The molecule has 4 heteroatoms. The van der Waals surface area contributed by atoms with Crippen LogP contribution in [-0.4, -0.2) is 41.8 Å². The van der Waals surface area contributed by atoms with Crippen LogP contribution in [0.4, 0.5) is 4.79 Å². The summed E-state index contributed by atoms with van der Waals surface area (Å²) >= 11 is 0. The van der Waals surface area contributed by atoms with Crippen LogP contribution in [0.3, 0.4) is 0 Å². The van der Waals surface area contributed by atoms with Crippen molar-refractivity contribution in [3.8, 4) is 0 Å². The predicted molar refractivity (Wildman–Crippen MR) is 62.2 cm³/mol. The van der Waals surface area contributed by atoms with Crippen LogP contribution in [0.15, 0.2) is 0 Å². The summed E-state index contributed by atoms with van der Waals surface area (Å²) in [6.07, 6.45) is 7.09. The Morgan fingerprint density at radius 1 is 1.31 bits per heavy atom. The third kappa shape index (κ3) is 2.67. The first-order valence-corrected chi connectivity index (χ1v) is 6.46. The number of nitrogens with one attached hydrogen (secondary N) is 1. The van der Waals surface area contributed by atoms with Gasteiger partial charge in [0.15, 0.2) is 0 Å². The molecule has 0 aromatic heterocycles. The van der Waals surface area contributed by atoms with Crippen LogP contribution < -0.4 is 5.32 Å². The maximum atomic E-state index is 11.8. The molecular formula is C12H22N2O2. The summed E-state index contributed by atoms with van der Waals surface area (Å²) in [5.41, 5.74) is 0. The first kappa shape index (κ1) is 11.7. The van der Waals surface area contributed by atoms with Crippen LogP contribution in [0.2, 0.25) is 0 Å². The Balaban J connectivity index is 1.66. The number of urea groups is 1. The number of hydrogen-bond acceptors (Lipinski definition) is 2.